The largest absolute Gasteiger partial charge is 0.354 e. The van der Waals surface area contributed by atoms with E-state index in [2.05, 4.69) is 55.8 Å². The second-order valence-electron chi connectivity index (χ2n) is 8.34. The van der Waals surface area contributed by atoms with Gasteiger partial charge in [-0.2, -0.15) is 0 Å². The molecule has 3 heterocycles. The van der Waals surface area contributed by atoms with Crippen molar-refractivity contribution in [1.82, 2.24) is 25.3 Å². The third-order valence-electron chi connectivity index (χ3n) is 6.48. The van der Waals surface area contributed by atoms with Gasteiger partial charge in [0.2, 0.25) is 5.91 Å². The third-order valence-corrected chi connectivity index (χ3v) is 6.48. The van der Waals surface area contributed by atoms with Gasteiger partial charge in [-0.25, -0.2) is 4.79 Å². The highest BCUT2D eigenvalue weighted by molar-refractivity contribution is 6.01. The van der Waals surface area contributed by atoms with Crippen LogP contribution in [0.25, 0.3) is 0 Å². The Balaban J connectivity index is 1.30. The molecule has 1 aromatic carbocycles. The van der Waals surface area contributed by atoms with Gasteiger partial charge in [-0.15, -0.1) is 0 Å². The van der Waals surface area contributed by atoms with Crippen LogP contribution in [0.3, 0.4) is 0 Å². The summed E-state index contributed by atoms with van der Waals surface area (Å²) < 4.78 is 0. The Morgan fingerprint density at radius 3 is 2.77 bits per heavy atom. The van der Waals surface area contributed by atoms with E-state index in [1.165, 1.54) is 29.8 Å². The zero-order valence-electron chi connectivity index (χ0n) is 17.7. The number of benzene rings is 1. The Bertz CT molecular complexity index is 767. The molecule has 162 valence electrons. The van der Waals surface area contributed by atoms with Gasteiger partial charge in [0.1, 0.15) is 0 Å². The quantitative estimate of drug-likeness (QED) is 0.430. The molecule has 8 nitrogen and oxygen atoms in total. The first-order valence-corrected chi connectivity index (χ1v) is 11.0. The van der Waals surface area contributed by atoms with Gasteiger partial charge in [-0.1, -0.05) is 30.3 Å². The smallest absolute Gasteiger partial charge is 0.324 e. The summed E-state index contributed by atoms with van der Waals surface area (Å²) in [6, 6.07) is 11.1. The molecule has 0 radical (unpaired) electrons. The zero-order chi connectivity index (χ0) is 20.9. The molecule has 1 aromatic rings. The van der Waals surface area contributed by atoms with Crippen LogP contribution in [0.4, 0.5) is 4.79 Å². The Hall–Kier alpha value is -2.61. The van der Waals surface area contributed by atoms with Gasteiger partial charge in [-0.05, 0) is 37.3 Å². The van der Waals surface area contributed by atoms with E-state index in [0.717, 1.165) is 32.0 Å². The first kappa shape index (κ1) is 20.7. The van der Waals surface area contributed by atoms with Gasteiger partial charge in [-0.3, -0.25) is 19.6 Å². The number of carbonyl (C=O) groups excluding carboxylic acids is 2. The molecule has 2 N–H and O–H groups in total. The number of hydrogen-bond acceptors (Lipinski definition) is 4. The summed E-state index contributed by atoms with van der Waals surface area (Å²) in [7, 11) is 1.80. The van der Waals surface area contributed by atoms with E-state index in [1.54, 1.807) is 7.05 Å². The minimum absolute atomic E-state index is 0.0994. The Labute approximate surface area is 178 Å². The van der Waals surface area contributed by atoms with Gasteiger partial charge in [0.25, 0.3) is 0 Å². The van der Waals surface area contributed by atoms with Gasteiger partial charge in [0, 0.05) is 45.8 Å². The van der Waals surface area contributed by atoms with Crippen LogP contribution < -0.4 is 10.6 Å². The summed E-state index contributed by atoms with van der Waals surface area (Å²) in [5.41, 5.74) is 1.39. The average molecular weight is 413 g/mol. The molecular weight excluding hydrogens is 380 g/mol. The van der Waals surface area contributed by atoms with Crippen LogP contribution in [-0.2, 0) is 11.3 Å². The van der Waals surface area contributed by atoms with Crippen molar-refractivity contribution in [3.8, 4) is 0 Å². The maximum atomic E-state index is 11.7. The second kappa shape index (κ2) is 9.47. The lowest BCUT2D eigenvalue weighted by atomic mass is 9.83. The number of imide groups is 1. The predicted octanol–water partition coefficient (Wildman–Crippen LogP) is 1.10. The van der Waals surface area contributed by atoms with Crippen molar-refractivity contribution in [2.75, 3.05) is 46.3 Å². The highest BCUT2D eigenvalue weighted by Crippen LogP contribution is 2.31. The average Bonchev–Trinajstić information content (AvgIpc) is 3.09. The maximum Gasteiger partial charge on any atom is 0.324 e. The van der Waals surface area contributed by atoms with Gasteiger partial charge in [0.05, 0.1) is 6.54 Å². The number of nitrogens with zero attached hydrogens (tertiary/aromatic N) is 4. The maximum absolute atomic E-state index is 11.7. The molecule has 2 atom stereocenters. The highest BCUT2D eigenvalue weighted by atomic mass is 16.2. The van der Waals surface area contributed by atoms with E-state index in [1.807, 2.05) is 0 Å². The molecule has 0 aromatic heterocycles. The van der Waals surface area contributed by atoms with Crippen LogP contribution in [0, 0.1) is 5.92 Å². The predicted molar refractivity (Wildman–Crippen MR) is 116 cm³/mol. The lowest BCUT2D eigenvalue weighted by molar-refractivity contribution is -0.124. The number of rotatable bonds is 5. The van der Waals surface area contributed by atoms with Gasteiger partial charge in [0.15, 0.2) is 5.96 Å². The molecule has 8 heteroatoms. The first-order valence-electron chi connectivity index (χ1n) is 11.0. The molecule has 0 bridgehead atoms. The third kappa shape index (κ3) is 4.59. The summed E-state index contributed by atoms with van der Waals surface area (Å²) in [4.78, 5) is 34.1. The fourth-order valence-corrected chi connectivity index (χ4v) is 5.01. The van der Waals surface area contributed by atoms with E-state index in [0.29, 0.717) is 25.0 Å². The molecule has 3 aliphatic heterocycles. The fraction of sp³-hybridized carbons (Fsp3) is 0.591. The van der Waals surface area contributed by atoms with Crippen molar-refractivity contribution in [1.29, 1.82) is 0 Å². The normalized spacial score (nSPS) is 25.3. The van der Waals surface area contributed by atoms with E-state index >= 15 is 0 Å². The Morgan fingerprint density at radius 2 is 2.03 bits per heavy atom. The minimum atomic E-state index is -0.307. The molecule has 4 rings (SSSR count). The summed E-state index contributed by atoms with van der Waals surface area (Å²) in [5, 5.41) is 5.89. The monoisotopic (exact) mass is 412 g/mol. The van der Waals surface area contributed by atoms with Crippen LogP contribution in [-0.4, -0.2) is 85.0 Å². The van der Waals surface area contributed by atoms with Crippen LogP contribution in [0.1, 0.15) is 24.8 Å². The molecule has 2 unspecified atom stereocenters. The molecule has 0 aliphatic carbocycles. The topological polar surface area (TPSA) is 80.3 Å². The number of likely N-dealkylation sites (tertiary alicyclic amines) is 2. The summed E-state index contributed by atoms with van der Waals surface area (Å²) in [6.45, 7) is 5.14. The van der Waals surface area contributed by atoms with Crippen molar-refractivity contribution < 1.29 is 9.59 Å². The molecule has 0 spiro atoms. The van der Waals surface area contributed by atoms with Crippen molar-refractivity contribution in [3.05, 3.63) is 35.9 Å². The number of piperidine rings is 2. The highest BCUT2D eigenvalue weighted by Gasteiger charge is 2.36. The molecule has 0 saturated carbocycles. The van der Waals surface area contributed by atoms with E-state index < -0.39 is 0 Å². The van der Waals surface area contributed by atoms with Crippen LogP contribution in [0.2, 0.25) is 0 Å². The lowest BCUT2D eigenvalue weighted by Gasteiger charge is -2.48. The van der Waals surface area contributed by atoms with E-state index in [9.17, 15) is 9.59 Å². The van der Waals surface area contributed by atoms with Crippen molar-refractivity contribution in [3.63, 3.8) is 0 Å². The number of hydrogen-bond donors (Lipinski definition) is 2. The second-order valence-corrected chi connectivity index (χ2v) is 8.34. The number of carbonyl (C=O) groups is 2. The molecule has 3 saturated heterocycles. The number of nitrogens with one attached hydrogen (secondary N) is 2. The lowest BCUT2D eigenvalue weighted by Crippen LogP contribution is -2.57. The molecular formula is C22H32N6O2. The number of amides is 3. The van der Waals surface area contributed by atoms with Crippen LogP contribution in [0.5, 0.6) is 0 Å². The van der Waals surface area contributed by atoms with Crippen molar-refractivity contribution in [2.24, 2.45) is 10.9 Å². The van der Waals surface area contributed by atoms with E-state index in [-0.39, 0.29) is 18.5 Å². The van der Waals surface area contributed by atoms with Crippen LogP contribution >= 0.6 is 0 Å². The van der Waals surface area contributed by atoms with Gasteiger partial charge >= 0.3 is 6.03 Å². The molecule has 3 fully saturated rings. The molecule has 30 heavy (non-hydrogen) atoms. The van der Waals surface area contributed by atoms with Crippen molar-refractivity contribution >= 4 is 17.9 Å². The van der Waals surface area contributed by atoms with Crippen molar-refractivity contribution in [2.45, 2.75) is 31.8 Å². The number of urea groups is 1. The summed E-state index contributed by atoms with van der Waals surface area (Å²) in [6.07, 6.45) is 3.62. The fourth-order valence-electron chi connectivity index (χ4n) is 5.01. The molecule has 3 amide bonds. The number of fused-ring (bicyclic) bond motifs is 1. The number of guanidine groups is 1. The number of aliphatic imine (C=N–C) groups is 1. The standard InChI is InChI=1S/C22H32N6O2/c1-23-21(24-10-13-28-20(29)14-25-22(28)30)27-12-9-19-18(16-27)8-5-11-26(19)15-17-6-3-2-4-7-17/h2-4,6-7,18-19H,5,8-16H2,1H3,(H,23,24)(H,25,30). The zero-order valence-corrected chi connectivity index (χ0v) is 17.7. The molecule has 3 aliphatic rings. The van der Waals surface area contributed by atoms with E-state index in [4.69, 9.17) is 0 Å². The summed E-state index contributed by atoms with van der Waals surface area (Å²) in [5.74, 6) is 1.33. The first-order chi connectivity index (χ1) is 14.7. The SMILES string of the molecule is CN=C(NCCN1C(=O)CNC1=O)N1CCC2C(CCCN2Cc2ccccc2)C1. The minimum Gasteiger partial charge on any atom is -0.354 e. The van der Waals surface area contributed by atoms with Crippen LogP contribution in [0.15, 0.2) is 35.3 Å². The Kier molecular flexibility index (Phi) is 6.52. The van der Waals surface area contributed by atoms with Gasteiger partial charge < -0.3 is 15.5 Å². The summed E-state index contributed by atoms with van der Waals surface area (Å²) >= 11 is 0. The Morgan fingerprint density at radius 1 is 1.20 bits per heavy atom.